The van der Waals surface area contributed by atoms with Crippen LogP contribution in [0.2, 0.25) is 0 Å². The van der Waals surface area contributed by atoms with Gasteiger partial charge in [-0.15, -0.1) is 0 Å². The third kappa shape index (κ3) is 4.26. The number of fused-ring (bicyclic) bond motifs is 1. The fraction of sp³-hybridized carbons (Fsp3) is 0.400. The Kier molecular flexibility index (Phi) is 5.94. The van der Waals surface area contributed by atoms with Gasteiger partial charge in [0.2, 0.25) is 11.6 Å². The molecule has 1 unspecified atom stereocenters. The van der Waals surface area contributed by atoms with E-state index in [9.17, 15) is 14.9 Å². The molecular weight excluding hydrogens is 420 g/mol. The minimum atomic E-state index is -0.496. The summed E-state index contributed by atoms with van der Waals surface area (Å²) in [7, 11) is 0. The monoisotopic (exact) mass is 442 g/mol. The van der Waals surface area contributed by atoms with Crippen LogP contribution in [-0.4, -0.2) is 45.5 Å². The molecule has 1 atom stereocenters. The minimum absolute atomic E-state index is 0.0740. The number of nitro groups is 1. The number of hydrogen-bond acceptors (Lipinski definition) is 10. The van der Waals surface area contributed by atoms with Crippen molar-refractivity contribution in [3.05, 3.63) is 40.2 Å². The van der Waals surface area contributed by atoms with Gasteiger partial charge >= 0.3 is 11.7 Å². The van der Waals surface area contributed by atoms with E-state index >= 15 is 0 Å². The number of aromatic nitrogens is 3. The summed E-state index contributed by atoms with van der Waals surface area (Å²) < 4.78 is 6.11. The Morgan fingerprint density at radius 3 is 3.00 bits per heavy atom. The molecule has 3 aromatic rings. The van der Waals surface area contributed by atoms with Gasteiger partial charge in [0, 0.05) is 13.1 Å². The molecule has 3 heterocycles. The number of nitrogens with zero attached hydrogens (tertiary/aromatic N) is 5. The van der Waals surface area contributed by atoms with Crippen LogP contribution in [0.3, 0.4) is 0 Å². The smallest absolute Gasteiger partial charge is 0.353 e. The molecule has 11 heteroatoms. The lowest BCUT2D eigenvalue weighted by Gasteiger charge is -2.32. The quantitative estimate of drug-likeness (QED) is 0.344. The highest BCUT2D eigenvalue weighted by molar-refractivity contribution is 7.22. The van der Waals surface area contributed by atoms with Crippen molar-refractivity contribution in [1.29, 1.82) is 0 Å². The fourth-order valence-corrected chi connectivity index (χ4v) is 4.67. The molecule has 31 heavy (non-hydrogen) atoms. The number of aryl methyl sites for hydroxylation is 1. The van der Waals surface area contributed by atoms with Crippen LogP contribution in [0.1, 0.15) is 25.3 Å². The predicted molar refractivity (Wildman–Crippen MR) is 118 cm³/mol. The zero-order chi connectivity index (χ0) is 22.0. The minimum Gasteiger partial charge on any atom is -0.466 e. The highest BCUT2D eigenvalue weighted by Gasteiger charge is 2.33. The lowest BCUT2D eigenvalue weighted by Crippen LogP contribution is -2.40. The summed E-state index contributed by atoms with van der Waals surface area (Å²) in [5, 5.41) is 15.5. The van der Waals surface area contributed by atoms with Crippen molar-refractivity contribution in [1.82, 2.24) is 15.0 Å². The van der Waals surface area contributed by atoms with E-state index in [0.29, 0.717) is 37.7 Å². The van der Waals surface area contributed by atoms with E-state index in [0.717, 1.165) is 15.8 Å². The first-order valence-corrected chi connectivity index (χ1v) is 10.8. The van der Waals surface area contributed by atoms with Crippen molar-refractivity contribution in [2.45, 2.75) is 26.7 Å². The Morgan fingerprint density at radius 1 is 1.42 bits per heavy atom. The maximum Gasteiger partial charge on any atom is 0.353 e. The Bertz CT molecular complexity index is 1130. The van der Waals surface area contributed by atoms with Gasteiger partial charge in [-0.05, 0) is 38.3 Å². The standard InChI is InChI=1S/C20H22N6O4S/c1-3-30-19(27)13-7-5-9-25(10-13)18-16(26(28)29)17(21-11-22-18)24-20-23-15-12(2)6-4-8-14(15)31-20/h4,6,8,11,13H,3,5,7,9-10H2,1-2H3,(H,21,22,23,24). The number of carbonyl (C=O) groups excluding carboxylic acids is 1. The highest BCUT2D eigenvalue weighted by Crippen LogP contribution is 2.37. The first-order valence-electron chi connectivity index (χ1n) is 10.0. The first kappa shape index (κ1) is 20.9. The van der Waals surface area contributed by atoms with Gasteiger partial charge in [0.25, 0.3) is 0 Å². The van der Waals surface area contributed by atoms with E-state index in [4.69, 9.17) is 4.74 Å². The number of esters is 1. The largest absolute Gasteiger partial charge is 0.466 e. The highest BCUT2D eigenvalue weighted by atomic mass is 32.1. The summed E-state index contributed by atoms with van der Waals surface area (Å²) >= 11 is 1.40. The first-order chi connectivity index (χ1) is 15.0. The van der Waals surface area contributed by atoms with Gasteiger partial charge < -0.3 is 15.0 Å². The Balaban J connectivity index is 1.65. The molecule has 0 aliphatic carbocycles. The number of anilines is 3. The van der Waals surface area contributed by atoms with Crippen molar-refractivity contribution >= 4 is 50.0 Å². The molecule has 0 bridgehead atoms. The van der Waals surface area contributed by atoms with Crippen molar-refractivity contribution in [2.24, 2.45) is 5.92 Å². The van der Waals surface area contributed by atoms with Crippen LogP contribution >= 0.6 is 11.3 Å². The Morgan fingerprint density at radius 2 is 2.26 bits per heavy atom. The van der Waals surface area contributed by atoms with E-state index in [1.165, 1.54) is 17.7 Å². The Labute approximate surface area is 182 Å². The summed E-state index contributed by atoms with van der Waals surface area (Å²) in [6.45, 7) is 4.91. The van der Waals surface area contributed by atoms with Gasteiger partial charge in [0.1, 0.15) is 6.33 Å². The zero-order valence-corrected chi connectivity index (χ0v) is 18.0. The van der Waals surface area contributed by atoms with Crippen LogP contribution in [0.4, 0.5) is 22.5 Å². The molecule has 1 fully saturated rings. The molecule has 1 N–H and O–H groups in total. The molecule has 0 spiro atoms. The third-order valence-electron chi connectivity index (χ3n) is 5.17. The molecule has 0 radical (unpaired) electrons. The second-order valence-electron chi connectivity index (χ2n) is 7.25. The fourth-order valence-electron chi connectivity index (χ4n) is 3.72. The third-order valence-corrected chi connectivity index (χ3v) is 6.11. The number of nitrogens with one attached hydrogen (secondary N) is 1. The average Bonchev–Trinajstić information content (AvgIpc) is 3.17. The van der Waals surface area contributed by atoms with Crippen molar-refractivity contribution in [3.63, 3.8) is 0 Å². The van der Waals surface area contributed by atoms with Crippen LogP contribution in [-0.2, 0) is 9.53 Å². The molecule has 1 saturated heterocycles. The van der Waals surface area contributed by atoms with E-state index in [1.807, 2.05) is 25.1 Å². The van der Waals surface area contributed by atoms with Crippen LogP contribution in [0.25, 0.3) is 10.2 Å². The van der Waals surface area contributed by atoms with Crippen LogP contribution < -0.4 is 10.2 Å². The normalized spacial score (nSPS) is 16.3. The van der Waals surface area contributed by atoms with E-state index < -0.39 is 4.92 Å². The molecular formula is C20H22N6O4S. The molecule has 162 valence electrons. The van der Waals surface area contributed by atoms with E-state index in [1.54, 1.807) is 11.8 Å². The Hall–Kier alpha value is -3.34. The van der Waals surface area contributed by atoms with Crippen molar-refractivity contribution in [3.8, 4) is 0 Å². The molecule has 2 aromatic heterocycles. The van der Waals surface area contributed by atoms with Crippen LogP contribution in [0.15, 0.2) is 24.5 Å². The summed E-state index contributed by atoms with van der Waals surface area (Å²) in [5.41, 5.74) is 1.64. The van der Waals surface area contributed by atoms with Crippen molar-refractivity contribution < 1.29 is 14.5 Å². The SMILES string of the molecule is CCOC(=O)C1CCCN(c2ncnc(Nc3nc4c(C)cccc4s3)c2[N+](=O)[O-])C1. The number of benzene rings is 1. The van der Waals surface area contributed by atoms with Gasteiger partial charge in [-0.1, -0.05) is 23.5 Å². The average molecular weight is 443 g/mol. The molecule has 0 amide bonds. The molecule has 1 aliphatic rings. The molecule has 0 saturated carbocycles. The molecule has 4 rings (SSSR count). The van der Waals surface area contributed by atoms with Crippen LogP contribution in [0, 0.1) is 23.0 Å². The van der Waals surface area contributed by atoms with E-state index in [-0.39, 0.29) is 29.2 Å². The number of ether oxygens (including phenoxy) is 1. The van der Waals surface area contributed by atoms with Gasteiger partial charge in [0.05, 0.1) is 27.7 Å². The van der Waals surface area contributed by atoms with Gasteiger partial charge in [-0.2, -0.15) is 0 Å². The summed E-state index contributed by atoms with van der Waals surface area (Å²) in [6, 6.07) is 5.86. The zero-order valence-electron chi connectivity index (χ0n) is 17.2. The van der Waals surface area contributed by atoms with Gasteiger partial charge in [-0.3, -0.25) is 14.9 Å². The number of carbonyl (C=O) groups is 1. The van der Waals surface area contributed by atoms with Crippen LogP contribution in [0.5, 0.6) is 0 Å². The maximum absolute atomic E-state index is 12.2. The summed E-state index contributed by atoms with van der Waals surface area (Å²) in [6.07, 6.45) is 2.69. The number of hydrogen-bond donors (Lipinski definition) is 1. The predicted octanol–water partition coefficient (Wildman–Crippen LogP) is 3.83. The number of rotatable bonds is 6. The molecule has 10 nitrogen and oxygen atoms in total. The second kappa shape index (κ2) is 8.80. The van der Waals surface area contributed by atoms with Gasteiger partial charge in [0.15, 0.2) is 5.13 Å². The second-order valence-corrected chi connectivity index (χ2v) is 8.29. The maximum atomic E-state index is 12.2. The summed E-state index contributed by atoms with van der Waals surface area (Å²) in [5.74, 6) is -0.363. The lowest BCUT2D eigenvalue weighted by atomic mass is 9.98. The topological polar surface area (TPSA) is 123 Å². The number of thiazole rings is 1. The lowest BCUT2D eigenvalue weighted by molar-refractivity contribution is -0.383. The van der Waals surface area contributed by atoms with Crippen molar-refractivity contribution in [2.75, 3.05) is 29.9 Å². The van der Waals surface area contributed by atoms with Gasteiger partial charge in [-0.25, -0.2) is 15.0 Å². The molecule has 1 aliphatic heterocycles. The number of piperidine rings is 1. The van der Waals surface area contributed by atoms with E-state index in [2.05, 4.69) is 20.3 Å². The molecule has 1 aromatic carbocycles. The number of para-hydroxylation sites is 1. The summed E-state index contributed by atoms with van der Waals surface area (Å²) in [4.78, 5) is 38.3.